The normalized spacial score (nSPS) is 9.95. The highest BCUT2D eigenvalue weighted by molar-refractivity contribution is 5.93. The Morgan fingerprint density at radius 1 is 1.19 bits per heavy atom. The van der Waals surface area contributed by atoms with E-state index in [1.54, 1.807) is 37.4 Å². The zero-order chi connectivity index (χ0) is 15.1. The summed E-state index contributed by atoms with van der Waals surface area (Å²) in [4.78, 5) is 25.3. The van der Waals surface area contributed by atoms with Gasteiger partial charge in [0.05, 0.1) is 13.7 Å². The maximum atomic E-state index is 11.8. The molecule has 1 aromatic carbocycles. The molecule has 110 valence electrons. The van der Waals surface area contributed by atoms with Crippen LogP contribution in [0.2, 0.25) is 0 Å². The maximum absolute atomic E-state index is 11.8. The average molecular weight is 288 g/mol. The molecule has 0 atom stereocenters. The molecule has 0 aliphatic carbocycles. The first-order valence-electron chi connectivity index (χ1n) is 6.43. The number of carbonyl (C=O) groups is 1. The largest absolute Gasteiger partial charge is 0.497 e. The van der Waals surface area contributed by atoms with E-state index in [2.05, 4.69) is 10.3 Å². The molecule has 0 radical (unpaired) electrons. The van der Waals surface area contributed by atoms with Crippen LogP contribution in [0, 0.1) is 0 Å². The summed E-state index contributed by atoms with van der Waals surface area (Å²) in [5, 5.41) is 2.68. The van der Waals surface area contributed by atoms with Gasteiger partial charge in [-0.2, -0.15) is 0 Å². The molecule has 1 heterocycles. The van der Waals surface area contributed by atoms with Crippen LogP contribution in [-0.4, -0.2) is 31.2 Å². The van der Waals surface area contributed by atoms with Crippen molar-refractivity contribution in [1.82, 2.24) is 10.3 Å². The highest BCUT2D eigenvalue weighted by Crippen LogP contribution is 2.16. The average Bonchev–Trinajstić information content (AvgIpc) is 2.52. The third-order valence-electron chi connectivity index (χ3n) is 2.75. The van der Waals surface area contributed by atoms with Gasteiger partial charge in [0.1, 0.15) is 18.1 Å². The number of hydrogen-bond acceptors (Lipinski definition) is 4. The molecule has 0 unspecified atom stereocenters. The molecule has 0 spiro atoms. The molecule has 1 aromatic heterocycles. The molecular weight excluding hydrogens is 272 g/mol. The van der Waals surface area contributed by atoms with E-state index in [9.17, 15) is 9.59 Å². The van der Waals surface area contributed by atoms with Gasteiger partial charge in [-0.25, -0.2) is 0 Å². The van der Waals surface area contributed by atoms with Gasteiger partial charge in [-0.15, -0.1) is 0 Å². The number of aromatic amines is 1. The molecule has 2 aromatic rings. The van der Waals surface area contributed by atoms with Crippen LogP contribution in [0.3, 0.4) is 0 Å². The Kier molecular flexibility index (Phi) is 4.98. The number of nitrogens with one attached hydrogen (secondary N) is 2. The predicted octanol–water partition coefficient (Wildman–Crippen LogP) is 1.19. The zero-order valence-corrected chi connectivity index (χ0v) is 11.6. The third-order valence-corrected chi connectivity index (χ3v) is 2.75. The number of ether oxygens (including phenoxy) is 2. The number of carbonyl (C=O) groups excluding carboxylic acids is 1. The molecule has 6 heteroatoms. The molecule has 2 rings (SSSR count). The maximum Gasteiger partial charge on any atom is 0.251 e. The first-order chi connectivity index (χ1) is 10.2. The topological polar surface area (TPSA) is 80.4 Å². The molecule has 21 heavy (non-hydrogen) atoms. The van der Waals surface area contributed by atoms with Crippen LogP contribution in [-0.2, 0) is 0 Å². The standard InChI is InChI=1S/C15H16N2O4/c1-20-12-2-4-13(5-3-12)21-9-8-17-15(19)11-6-7-16-14(18)10-11/h2-7,10H,8-9H2,1H3,(H,16,18)(H,17,19). The van der Waals surface area contributed by atoms with Gasteiger partial charge in [-0.05, 0) is 30.3 Å². The summed E-state index contributed by atoms with van der Waals surface area (Å²) >= 11 is 0. The molecule has 1 amide bonds. The van der Waals surface area contributed by atoms with Crippen molar-refractivity contribution in [3.05, 3.63) is 58.5 Å². The fourth-order valence-corrected chi connectivity index (χ4v) is 1.69. The van der Waals surface area contributed by atoms with Gasteiger partial charge in [0.2, 0.25) is 5.56 Å². The molecule has 2 N–H and O–H groups in total. The molecule has 6 nitrogen and oxygen atoms in total. The summed E-state index contributed by atoms with van der Waals surface area (Å²) < 4.78 is 10.5. The van der Waals surface area contributed by atoms with Crippen molar-refractivity contribution in [2.24, 2.45) is 0 Å². The van der Waals surface area contributed by atoms with E-state index >= 15 is 0 Å². The van der Waals surface area contributed by atoms with Crippen molar-refractivity contribution in [2.75, 3.05) is 20.3 Å². The Labute approximate surface area is 121 Å². The van der Waals surface area contributed by atoms with Crippen LogP contribution in [0.4, 0.5) is 0 Å². The number of amides is 1. The van der Waals surface area contributed by atoms with E-state index in [0.717, 1.165) is 5.75 Å². The second kappa shape index (κ2) is 7.14. The van der Waals surface area contributed by atoms with Gasteiger partial charge in [0.15, 0.2) is 0 Å². The SMILES string of the molecule is COc1ccc(OCCNC(=O)c2cc[nH]c(=O)c2)cc1. The molecule has 0 bridgehead atoms. The van der Waals surface area contributed by atoms with Crippen molar-refractivity contribution in [3.8, 4) is 11.5 Å². The minimum absolute atomic E-state index is 0.306. The van der Waals surface area contributed by atoms with E-state index < -0.39 is 0 Å². The van der Waals surface area contributed by atoms with Gasteiger partial charge >= 0.3 is 0 Å². The summed E-state index contributed by atoms with van der Waals surface area (Å²) in [6.45, 7) is 0.679. The number of H-pyrrole nitrogens is 1. The first-order valence-corrected chi connectivity index (χ1v) is 6.43. The Balaban J connectivity index is 1.76. The molecule has 0 saturated carbocycles. The Morgan fingerprint density at radius 2 is 1.90 bits per heavy atom. The fraction of sp³-hybridized carbons (Fsp3) is 0.200. The van der Waals surface area contributed by atoms with E-state index in [0.29, 0.717) is 24.5 Å². The highest BCUT2D eigenvalue weighted by Gasteiger charge is 2.04. The lowest BCUT2D eigenvalue weighted by molar-refractivity contribution is 0.0947. The van der Waals surface area contributed by atoms with E-state index in [4.69, 9.17) is 9.47 Å². The quantitative estimate of drug-likeness (QED) is 0.782. The van der Waals surface area contributed by atoms with Crippen LogP contribution in [0.25, 0.3) is 0 Å². The molecule has 0 aliphatic rings. The summed E-state index contributed by atoms with van der Waals surface area (Å²) in [5.41, 5.74) is 0.0142. The lowest BCUT2D eigenvalue weighted by atomic mass is 10.2. The predicted molar refractivity (Wildman–Crippen MR) is 77.9 cm³/mol. The van der Waals surface area contributed by atoms with Crippen LogP contribution >= 0.6 is 0 Å². The lowest BCUT2D eigenvalue weighted by Crippen LogP contribution is -2.28. The molecular formula is C15H16N2O4. The zero-order valence-electron chi connectivity index (χ0n) is 11.6. The minimum atomic E-state index is -0.308. The van der Waals surface area contributed by atoms with Crippen molar-refractivity contribution >= 4 is 5.91 Å². The van der Waals surface area contributed by atoms with Crippen molar-refractivity contribution in [1.29, 1.82) is 0 Å². The van der Waals surface area contributed by atoms with Crippen LogP contribution < -0.4 is 20.3 Å². The summed E-state index contributed by atoms with van der Waals surface area (Å²) in [6.07, 6.45) is 1.44. The van der Waals surface area contributed by atoms with Crippen molar-refractivity contribution in [2.45, 2.75) is 0 Å². The van der Waals surface area contributed by atoms with Gasteiger partial charge < -0.3 is 19.8 Å². The minimum Gasteiger partial charge on any atom is -0.497 e. The van der Waals surface area contributed by atoms with Crippen LogP contribution in [0.5, 0.6) is 11.5 Å². The van der Waals surface area contributed by atoms with Gasteiger partial charge in [-0.1, -0.05) is 0 Å². The van der Waals surface area contributed by atoms with Gasteiger partial charge in [0, 0.05) is 17.8 Å². The Morgan fingerprint density at radius 3 is 2.57 bits per heavy atom. The second-order valence-electron chi connectivity index (χ2n) is 4.22. The Bertz CT molecular complexity index is 649. The number of methoxy groups -OCH3 is 1. The number of hydrogen-bond donors (Lipinski definition) is 2. The Hall–Kier alpha value is -2.76. The molecule has 0 fully saturated rings. The summed E-state index contributed by atoms with van der Waals surface area (Å²) in [5.74, 6) is 1.14. The van der Waals surface area contributed by atoms with Crippen molar-refractivity contribution < 1.29 is 14.3 Å². The highest BCUT2D eigenvalue weighted by atomic mass is 16.5. The number of benzene rings is 1. The van der Waals surface area contributed by atoms with Crippen molar-refractivity contribution in [3.63, 3.8) is 0 Å². The van der Waals surface area contributed by atoms with E-state index in [1.165, 1.54) is 12.3 Å². The van der Waals surface area contributed by atoms with E-state index in [1.807, 2.05) is 0 Å². The third kappa shape index (κ3) is 4.38. The molecule has 0 saturated heterocycles. The van der Waals surface area contributed by atoms with Gasteiger partial charge in [-0.3, -0.25) is 9.59 Å². The second-order valence-corrected chi connectivity index (χ2v) is 4.22. The van der Waals surface area contributed by atoms with Gasteiger partial charge in [0.25, 0.3) is 5.91 Å². The smallest absolute Gasteiger partial charge is 0.251 e. The number of aromatic nitrogens is 1. The fourth-order valence-electron chi connectivity index (χ4n) is 1.69. The number of rotatable bonds is 6. The lowest BCUT2D eigenvalue weighted by Gasteiger charge is -2.08. The monoisotopic (exact) mass is 288 g/mol. The van der Waals surface area contributed by atoms with Crippen LogP contribution in [0.1, 0.15) is 10.4 Å². The van der Waals surface area contributed by atoms with E-state index in [-0.39, 0.29) is 11.5 Å². The van der Waals surface area contributed by atoms with Crippen LogP contribution in [0.15, 0.2) is 47.4 Å². The summed E-state index contributed by atoms with van der Waals surface area (Å²) in [6, 6.07) is 9.96. The summed E-state index contributed by atoms with van der Waals surface area (Å²) in [7, 11) is 1.60. The molecule has 0 aliphatic heterocycles. The number of pyridine rings is 1. The first kappa shape index (κ1) is 14.6.